The summed E-state index contributed by atoms with van der Waals surface area (Å²) in [7, 11) is 1.47. The molecule has 33 heavy (non-hydrogen) atoms. The minimum atomic E-state index is -0.268. The van der Waals surface area contributed by atoms with Crippen LogP contribution in [0.15, 0.2) is 48.8 Å². The maximum Gasteiger partial charge on any atom is 0.256 e. The summed E-state index contributed by atoms with van der Waals surface area (Å²) in [4.78, 5) is 34.5. The van der Waals surface area contributed by atoms with Gasteiger partial charge in [-0.05, 0) is 30.7 Å². The molecule has 0 aliphatic carbocycles. The van der Waals surface area contributed by atoms with Crippen LogP contribution in [0, 0.1) is 0 Å². The average molecular weight is 450 g/mol. The van der Waals surface area contributed by atoms with Crippen LogP contribution in [0.1, 0.15) is 22.8 Å². The van der Waals surface area contributed by atoms with Crippen molar-refractivity contribution < 1.29 is 14.3 Å². The summed E-state index contributed by atoms with van der Waals surface area (Å²) in [6.45, 7) is 6.88. The number of piperazine rings is 1. The van der Waals surface area contributed by atoms with Crippen molar-refractivity contribution in [1.29, 1.82) is 0 Å². The molecule has 1 aliphatic rings. The fourth-order valence-corrected chi connectivity index (χ4v) is 4.27. The molecule has 1 aliphatic heterocycles. The fourth-order valence-electron chi connectivity index (χ4n) is 4.27. The smallest absolute Gasteiger partial charge is 0.256 e. The molecule has 3 aromatic rings. The quantitative estimate of drug-likeness (QED) is 0.572. The van der Waals surface area contributed by atoms with Gasteiger partial charge in [0.15, 0.2) is 0 Å². The largest absolute Gasteiger partial charge is 0.375 e. The zero-order valence-corrected chi connectivity index (χ0v) is 19.3. The Labute approximate surface area is 194 Å². The van der Waals surface area contributed by atoms with Crippen molar-refractivity contribution in [2.75, 3.05) is 51.8 Å². The summed E-state index contributed by atoms with van der Waals surface area (Å²) >= 11 is 0. The lowest BCUT2D eigenvalue weighted by Crippen LogP contribution is -2.48. The number of rotatable bonds is 8. The predicted molar refractivity (Wildman–Crippen MR) is 128 cm³/mol. The lowest BCUT2D eigenvalue weighted by Gasteiger charge is -2.34. The third kappa shape index (κ3) is 5.40. The predicted octanol–water partition coefficient (Wildman–Crippen LogP) is 2.64. The number of amides is 2. The highest BCUT2D eigenvalue weighted by Crippen LogP contribution is 2.26. The van der Waals surface area contributed by atoms with Crippen LogP contribution in [0.2, 0.25) is 0 Å². The van der Waals surface area contributed by atoms with Crippen LogP contribution in [-0.2, 0) is 22.5 Å². The van der Waals surface area contributed by atoms with Gasteiger partial charge >= 0.3 is 0 Å². The van der Waals surface area contributed by atoms with E-state index in [1.807, 2.05) is 33.7 Å². The number of carbonyl (C=O) groups is 2. The van der Waals surface area contributed by atoms with Gasteiger partial charge < -0.3 is 24.4 Å². The van der Waals surface area contributed by atoms with E-state index in [1.165, 1.54) is 12.7 Å². The van der Waals surface area contributed by atoms with Crippen molar-refractivity contribution in [1.82, 2.24) is 19.4 Å². The molecule has 1 fully saturated rings. The van der Waals surface area contributed by atoms with E-state index in [9.17, 15) is 9.59 Å². The Morgan fingerprint density at radius 3 is 2.55 bits per heavy atom. The summed E-state index contributed by atoms with van der Waals surface area (Å²) in [5, 5.41) is 2.82. The first-order valence-corrected chi connectivity index (χ1v) is 11.4. The number of likely N-dealkylation sites (N-methyl/N-ethyl adjacent to an activating group) is 1. The average Bonchev–Trinajstić information content (AvgIpc) is 3.25. The van der Waals surface area contributed by atoms with Gasteiger partial charge in [0.2, 0.25) is 5.91 Å². The summed E-state index contributed by atoms with van der Waals surface area (Å²) < 4.78 is 6.96. The molecule has 2 aromatic carbocycles. The van der Waals surface area contributed by atoms with Crippen LogP contribution >= 0.6 is 0 Å². The van der Waals surface area contributed by atoms with Crippen LogP contribution < -0.4 is 5.32 Å². The number of benzene rings is 2. The van der Waals surface area contributed by atoms with Crippen molar-refractivity contribution in [2.24, 2.45) is 0 Å². The van der Waals surface area contributed by atoms with Crippen molar-refractivity contribution in [2.45, 2.75) is 19.9 Å². The number of methoxy groups -OCH3 is 1. The first-order chi connectivity index (χ1) is 16.1. The Kier molecular flexibility index (Phi) is 7.36. The summed E-state index contributed by atoms with van der Waals surface area (Å²) in [6, 6.07) is 13.8. The molecule has 8 heteroatoms. The molecule has 2 heterocycles. The highest BCUT2D eigenvalue weighted by Gasteiger charge is 2.25. The van der Waals surface area contributed by atoms with E-state index in [4.69, 9.17) is 4.74 Å². The Morgan fingerprint density at radius 2 is 1.85 bits per heavy atom. The Hall–Kier alpha value is -3.23. The molecule has 1 saturated heterocycles. The maximum absolute atomic E-state index is 13.6. The number of imidazole rings is 1. The van der Waals surface area contributed by atoms with E-state index in [0.717, 1.165) is 31.6 Å². The van der Waals surface area contributed by atoms with E-state index in [0.29, 0.717) is 36.4 Å². The van der Waals surface area contributed by atoms with Gasteiger partial charge in [-0.25, -0.2) is 4.98 Å². The topological polar surface area (TPSA) is 79.7 Å². The van der Waals surface area contributed by atoms with E-state index < -0.39 is 0 Å². The number of carbonyl (C=O) groups excluding carboxylic acids is 2. The van der Waals surface area contributed by atoms with Crippen LogP contribution in [0.25, 0.3) is 11.0 Å². The number of hydrogen-bond donors (Lipinski definition) is 1. The number of aryl methyl sites for hydroxylation is 2. The lowest BCUT2D eigenvalue weighted by atomic mass is 10.1. The monoisotopic (exact) mass is 449 g/mol. The van der Waals surface area contributed by atoms with Gasteiger partial charge in [-0.3, -0.25) is 9.59 Å². The molecule has 0 saturated carbocycles. The number of hydrogen-bond acceptors (Lipinski definition) is 5. The molecule has 0 radical (unpaired) electrons. The van der Waals surface area contributed by atoms with Crippen molar-refractivity contribution >= 4 is 28.5 Å². The molecule has 0 bridgehead atoms. The third-order valence-electron chi connectivity index (χ3n) is 6.09. The fraction of sp³-hybridized carbons (Fsp3) is 0.400. The SMILES string of the molecule is CCN1CCN(C(=O)c2cc(NC(=O)COC)cc3ncn(CCc4ccccc4)c23)CC1. The van der Waals surface area contributed by atoms with E-state index in [2.05, 4.69) is 34.3 Å². The Balaban J connectivity index is 1.66. The highest BCUT2D eigenvalue weighted by molar-refractivity contribution is 6.07. The van der Waals surface area contributed by atoms with Gasteiger partial charge in [0.25, 0.3) is 5.91 Å². The number of anilines is 1. The second kappa shape index (κ2) is 10.6. The van der Waals surface area contributed by atoms with Crippen molar-refractivity contribution in [3.8, 4) is 0 Å². The molecule has 0 unspecified atom stereocenters. The normalized spacial score (nSPS) is 14.5. The maximum atomic E-state index is 13.6. The molecule has 2 amide bonds. The van der Waals surface area contributed by atoms with Gasteiger partial charge in [-0.1, -0.05) is 37.3 Å². The molecular weight excluding hydrogens is 418 g/mol. The standard InChI is InChI=1S/C25H31N5O3/c1-3-28-11-13-29(14-12-28)25(32)21-15-20(27-23(31)17-33-2)16-22-24(21)30(18-26-22)10-9-19-7-5-4-6-8-19/h4-8,15-16,18H,3,9-14,17H2,1-2H3,(H,27,31). The second-order valence-electron chi connectivity index (χ2n) is 8.27. The van der Waals surface area contributed by atoms with E-state index >= 15 is 0 Å². The first kappa shape index (κ1) is 22.9. The van der Waals surface area contributed by atoms with Crippen molar-refractivity contribution in [3.63, 3.8) is 0 Å². The van der Waals surface area contributed by atoms with E-state index in [1.54, 1.807) is 12.4 Å². The molecule has 1 N–H and O–H groups in total. The van der Waals surface area contributed by atoms with Gasteiger partial charge in [0.1, 0.15) is 6.61 Å². The molecule has 0 spiro atoms. The van der Waals surface area contributed by atoms with Crippen LogP contribution in [0.5, 0.6) is 0 Å². The molecule has 4 rings (SSSR count). The second-order valence-corrected chi connectivity index (χ2v) is 8.27. The number of nitrogens with zero attached hydrogens (tertiary/aromatic N) is 4. The highest BCUT2D eigenvalue weighted by atomic mass is 16.5. The molecule has 8 nitrogen and oxygen atoms in total. The minimum absolute atomic E-state index is 0.0277. The summed E-state index contributed by atoms with van der Waals surface area (Å²) in [5.41, 5.74) is 3.84. The van der Waals surface area contributed by atoms with Gasteiger partial charge in [-0.15, -0.1) is 0 Å². The van der Waals surface area contributed by atoms with Gasteiger partial charge in [0.05, 0.1) is 22.9 Å². The van der Waals surface area contributed by atoms with Gasteiger partial charge in [-0.2, -0.15) is 0 Å². The zero-order chi connectivity index (χ0) is 23.2. The summed E-state index contributed by atoms with van der Waals surface area (Å²) in [6.07, 6.45) is 2.61. The van der Waals surface area contributed by atoms with Gasteiger partial charge in [0, 0.05) is 45.5 Å². The van der Waals surface area contributed by atoms with Crippen molar-refractivity contribution in [3.05, 3.63) is 59.9 Å². The number of aromatic nitrogens is 2. The zero-order valence-electron chi connectivity index (χ0n) is 19.3. The van der Waals surface area contributed by atoms with Crippen LogP contribution in [0.3, 0.4) is 0 Å². The molecule has 174 valence electrons. The summed E-state index contributed by atoms with van der Waals surface area (Å²) in [5.74, 6) is -0.296. The van der Waals surface area contributed by atoms with E-state index in [-0.39, 0.29) is 18.4 Å². The van der Waals surface area contributed by atoms with Crippen LogP contribution in [-0.4, -0.2) is 77.6 Å². The number of ether oxygens (including phenoxy) is 1. The molecule has 0 atom stereocenters. The Bertz CT molecular complexity index is 1100. The number of nitrogens with one attached hydrogen (secondary N) is 1. The van der Waals surface area contributed by atoms with Crippen LogP contribution in [0.4, 0.5) is 5.69 Å². The molecule has 1 aromatic heterocycles. The number of fused-ring (bicyclic) bond motifs is 1. The lowest BCUT2D eigenvalue weighted by molar-refractivity contribution is -0.119. The Morgan fingerprint density at radius 1 is 1.09 bits per heavy atom. The third-order valence-corrected chi connectivity index (χ3v) is 6.09. The minimum Gasteiger partial charge on any atom is -0.375 e. The molecular formula is C25H31N5O3. The first-order valence-electron chi connectivity index (χ1n) is 11.4.